The summed E-state index contributed by atoms with van der Waals surface area (Å²) >= 11 is 0. The molecule has 0 spiro atoms. The second-order valence-corrected chi connectivity index (χ2v) is 2.17. The monoisotopic (exact) mass is 153 g/mol. The van der Waals surface area contributed by atoms with Crippen LogP contribution in [0.3, 0.4) is 0 Å². The number of hydrogen-bond donors (Lipinski definition) is 0. The van der Waals surface area contributed by atoms with Gasteiger partial charge in [0.05, 0.1) is 25.3 Å². The third-order valence-corrected chi connectivity index (χ3v) is 1.33. The van der Waals surface area contributed by atoms with Crippen LogP contribution in [0.1, 0.15) is 0 Å². The molecule has 0 aromatic rings. The van der Waals surface area contributed by atoms with Crippen molar-refractivity contribution in [1.82, 2.24) is 4.90 Å². The average molecular weight is 153 g/mol. The van der Waals surface area contributed by atoms with Gasteiger partial charge in [0.25, 0.3) is 0 Å². The largest absolute Gasteiger partial charge is 0.382 e. The van der Waals surface area contributed by atoms with E-state index in [1.54, 1.807) is 11.9 Å². The Kier molecular flexibility index (Phi) is 5.10. The van der Waals surface area contributed by atoms with Crippen LogP contribution in [-0.2, 0) is 4.74 Å². The number of hydrogen-bond acceptors (Lipinski definition) is 4. The van der Waals surface area contributed by atoms with Gasteiger partial charge in [0.1, 0.15) is 6.04 Å². The molecule has 0 saturated carbocycles. The Morgan fingerprint density at radius 1 is 1.55 bits per heavy atom. The first-order valence-electron chi connectivity index (χ1n) is 3.22. The molecule has 0 aliphatic rings. The molecular weight excluding hydrogens is 142 g/mol. The van der Waals surface area contributed by atoms with Crippen LogP contribution in [0.5, 0.6) is 0 Å². The number of nitriles is 2. The number of nitrogens with zero attached hydrogens (tertiary/aromatic N) is 3. The van der Waals surface area contributed by atoms with Crippen molar-refractivity contribution >= 4 is 0 Å². The number of ether oxygens (including phenoxy) is 1. The number of methoxy groups -OCH3 is 1. The van der Waals surface area contributed by atoms with Crippen LogP contribution >= 0.6 is 0 Å². The van der Waals surface area contributed by atoms with Gasteiger partial charge in [-0.25, -0.2) is 0 Å². The van der Waals surface area contributed by atoms with Crippen LogP contribution in [0.4, 0.5) is 0 Å². The molecule has 60 valence electrons. The van der Waals surface area contributed by atoms with E-state index in [0.717, 1.165) is 0 Å². The van der Waals surface area contributed by atoms with Gasteiger partial charge in [0.15, 0.2) is 0 Å². The summed E-state index contributed by atoms with van der Waals surface area (Å²) in [5, 5.41) is 16.9. The van der Waals surface area contributed by atoms with Crippen molar-refractivity contribution in [3.63, 3.8) is 0 Å². The van der Waals surface area contributed by atoms with E-state index in [4.69, 9.17) is 15.3 Å². The van der Waals surface area contributed by atoms with Crippen molar-refractivity contribution in [3.8, 4) is 12.1 Å². The van der Waals surface area contributed by atoms with Crippen LogP contribution in [0.25, 0.3) is 0 Å². The highest BCUT2D eigenvalue weighted by atomic mass is 16.5. The van der Waals surface area contributed by atoms with Gasteiger partial charge < -0.3 is 4.74 Å². The van der Waals surface area contributed by atoms with Crippen LogP contribution in [-0.4, -0.2) is 38.3 Å². The van der Waals surface area contributed by atoms with E-state index in [-0.39, 0.29) is 12.6 Å². The van der Waals surface area contributed by atoms with E-state index < -0.39 is 0 Å². The second kappa shape index (κ2) is 5.67. The van der Waals surface area contributed by atoms with Crippen molar-refractivity contribution < 1.29 is 4.74 Å². The minimum Gasteiger partial charge on any atom is -0.382 e. The van der Waals surface area contributed by atoms with E-state index >= 15 is 0 Å². The molecule has 0 N–H and O–H groups in total. The molecule has 0 rings (SSSR count). The Labute approximate surface area is 66.6 Å². The first-order chi connectivity index (χ1) is 5.26. The van der Waals surface area contributed by atoms with Crippen molar-refractivity contribution in [2.24, 2.45) is 0 Å². The summed E-state index contributed by atoms with van der Waals surface area (Å²) in [6.45, 7) is 0.594. The summed E-state index contributed by atoms with van der Waals surface area (Å²) in [6.07, 6.45) is 0. The molecular formula is C7H11N3O. The molecule has 0 radical (unpaired) electrons. The third-order valence-electron chi connectivity index (χ3n) is 1.33. The van der Waals surface area contributed by atoms with Gasteiger partial charge in [-0.2, -0.15) is 10.5 Å². The van der Waals surface area contributed by atoms with Gasteiger partial charge in [0, 0.05) is 7.11 Å². The molecule has 0 fully saturated rings. The number of likely N-dealkylation sites (N-methyl/N-ethyl adjacent to an activating group) is 1. The fraction of sp³-hybridized carbons (Fsp3) is 0.714. The Morgan fingerprint density at radius 3 is 2.55 bits per heavy atom. The summed E-state index contributed by atoms with van der Waals surface area (Å²) < 4.78 is 4.79. The molecule has 11 heavy (non-hydrogen) atoms. The average Bonchev–Trinajstić information content (AvgIpc) is 2.00. The minimum absolute atomic E-state index is 0.252. The first kappa shape index (κ1) is 9.90. The predicted octanol–water partition coefficient (Wildman–Crippen LogP) is -0.0196. The van der Waals surface area contributed by atoms with Gasteiger partial charge in [-0.3, -0.25) is 4.90 Å². The zero-order chi connectivity index (χ0) is 8.69. The van der Waals surface area contributed by atoms with E-state index in [1.807, 2.05) is 12.1 Å². The van der Waals surface area contributed by atoms with Crippen LogP contribution in [0.15, 0.2) is 0 Å². The highest BCUT2D eigenvalue weighted by Gasteiger charge is 2.11. The Hall–Kier alpha value is -1.10. The van der Waals surface area contributed by atoms with Gasteiger partial charge in [-0.05, 0) is 7.05 Å². The smallest absolute Gasteiger partial charge is 0.122 e. The van der Waals surface area contributed by atoms with Gasteiger partial charge in [-0.1, -0.05) is 0 Å². The zero-order valence-corrected chi connectivity index (χ0v) is 6.74. The normalized spacial score (nSPS) is 12.1. The van der Waals surface area contributed by atoms with Gasteiger partial charge in [0.2, 0.25) is 0 Å². The minimum atomic E-state index is -0.320. The van der Waals surface area contributed by atoms with E-state index in [2.05, 4.69) is 0 Å². The molecule has 4 heteroatoms. The maximum Gasteiger partial charge on any atom is 0.122 e. The second-order valence-electron chi connectivity index (χ2n) is 2.17. The molecule has 4 nitrogen and oxygen atoms in total. The van der Waals surface area contributed by atoms with E-state index in [9.17, 15) is 0 Å². The molecule has 1 unspecified atom stereocenters. The molecule has 1 atom stereocenters. The maximum atomic E-state index is 8.57. The molecule has 0 heterocycles. The highest BCUT2D eigenvalue weighted by Crippen LogP contribution is 1.93. The summed E-state index contributed by atoms with van der Waals surface area (Å²) in [7, 11) is 3.25. The van der Waals surface area contributed by atoms with E-state index in [1.165, 1.54) is 7.11 Å². The van der Waals surface area contributed by atoms with E-state index in [0.29, 0.717) is 6.61 Å². The third kappa shape index (κ3) is 3.57. The first-order valence-corrected chi connectivity index (χ1v) is 3.22. The lowest BCUT2D eigenvalue weighted by molar-refractivity contribution is 0.139. The predicted molar refractivity (Wildman–Crippen MR) is 39.5 cm³/mol. The fourth-order valence-corrected chi connectivity index (χ4v) is 0.643. The van der Waals surface area contributed by atoms with Crippen LogP contribution in [0.2, 0.25) is 0 Å². The molecule has 0 aliphatic carbocycles. The Balaban J connectivity index is 3.86. The number of rotatable bonds is 4. The van der Waals surface area contributed by atoms with Crippen molar-refractivity contribution in [3.05, 3.63) is 0 Å². The molecule has 0 aliphatic heterocycles. The highest BCUT2D eigenvalue weighted by molar-refractivity contribution is 4.93. The van der Waals surface area contributed by atoms with Gasteiger partial charge >= 0.3 is 0 Å². The Morgan fingerprint density at radius 2 is 2.18 bits per heavy atom. The zero-order valence-electron chi connectivity index (χ0n) is 6.74. The molecule has 0 aromatic carbocycles. The van der Waals surface area contributed by atoms with Crippen LogP contribution in [0, 0.1) is 22.7 Å². The summed E-state index contributed by atoms with van der Waals surface area (Å²) in [4.78, 5) is 1.64. The maximum absolute atomic E-state index is 8.57. The van der Waals surface area contributed by atoms with Crippen molar-refractivity contribution in [1.29, 1.82) is 10.5 Å². The molecule has 0 saturated heterocycles. The SMILES string of the molecule is COCC(C#N)N(C)CC#N. The summed E-state index contributed by atoms with van der Waals surface area (Å²) in [5.41, 5.74) is 0. The Bertz CT molecular complexity index is 179. The van der Waals surface area contributed by atoms with Crippen LogP contribution < -0.4 is 0 Å². The summed E-state index contributed by atoms with van der Waals surface area (Å²) in [5.74, 6) is 0. The molecule has 0 bridgehead atoms. The van der Waals surface area contributed by atoms with Crippen molar-refractivity contribution in [2.75, 3.05) is 27.3 Å². The quantitative estimate of drug-likeness (QED) is 0.532. The lowest BCUT2D eigenvalue weighted by Crippen LogP contribution is -2.34. The topological polar surface area (TPSA) is 60.0 Å². The van der Waals surface area contributed by atoms with Gasteiger partial charge in [-0.15, -0.1) is 0 Å². The fourth-order valence-electron chi connectivity index (χ4n) is 0.643. The lowest BCUT2D eigenvalue weighted by atomic mass is 10.3. The molecule has 0 amide bonds. The summed E-state index contributed by atoms with van der Waals surface area (Å²) in [6, 6.07) is 3.68. The molecule has 0 aromatic heterocycles. The standard InChI is InChI=1S/C7H11N3O/c1-10(4-3-8)7(5-9)6-11-2/h7H,4,6H2,1-2H3. The van der Waals surface area contributed by atoms with Crippen molar-refractivity contribution in [2.45, 2.75) is 6.04 Å². The lowest BCUT2D eigenvalue weighted by Gasteiger charge is -2.17.